The zero-order valence-corrected chi connectivity index (χ0v) is 15.3. The van der Waals surface area contributed by atoms with E-state index in [2.05, 4.69) is 5.32 Å². The maximum absolute atomic E-state index is 12.1. The largest absolute Gasteiger partial charge is 0.497 e. The predicted molar refractivity (Wildman–Crippen MR) is 98.9 cm³/mol. The van der Waals surface area contributed by atoms with E-state index in [1.54, 1.807) is 51.3 Å². The number of nitro groups is 1. The SMILES string of the molecule is COc1ccc(CC(=O)OCC(=O)Nc2c([N+](=O)[O-])ccc(C)c2C)cc1. The van der Waals surface area contributed by atoms with E-state index in [1.807, 2.05) is 0 Å². The summed E-state index contributed by atoms with van der Waals surface area (Å²) >= 11 is 0. The number of nitro benzene ring substituents is 1. The molecule has 2 rings (SSSR count). The number of rotatable bonds is 7. The molecule has 0 saturated carbocycles. The first-order valence-corrected chi connectivity index (χ1v) is 8.14. The minimum Gasteiger partial charge on any atom is -0.497 e. The van der Waals surface area contributed by atoms with Crippen molar-refractivity contribution < 1.29 is 24.0 Å². The van der Waals surface area contributed by atoms with E-state index >= 15 is 0 Å². The van der Waals surface area contributed by atoms with Gasteiger partial charge in [0.1, 0.15) is 11.4 Å². The highest BCUT2D eigenvalue weighted by Gasteiger charge is 2.20. The smallest absolute Gasteiger partial charge is 0.310 e. The molecule has 2 aromatic rings. The highest BCUT2D eigenvalue weighted by atomic mass is 16.6. The summed E-state index contributed by atoms with van der Waals surface area (Å²) in [5.74, 6) is -0.553. The molecule has 0 bridgehead atoms. The standard InChI is InChI=1S/C19H20N2O6/c1-12-4-9-16(21(24)25)19(13(12)2)20-17(22)11-27-18(23)10-14-5-7-15(26-3)8-6-14/h4-9H,10-11H2,1-3H3,(H,20,22). The first kappa shape index (κ1) is 19.9. The van der Waals surface area contributed by atoms with E-state index in [9.17, 15) is 19.7 Å². The molecular formula is C19H20N2O6. The second kappa shape index (κ2) is 8.79. The first-order valence-electron chi connectivity index (χ1n) is 8.14. The Morgan fingerprint density at radius 1 is 1.11 bits per heavy atom. The number of methoxy groups -OCH3 is 1. The molecule has 0 saturated heterocycles. The van der Waals surface area contributed by atoms with Crippen molar-refractivity contribution in [2.45, 2.75) is 20.3 Å². The molecule has 0 aliphatic rings. The molecule has 0 fully saturated rings. The van der Waals surface area contributed by atoms with Crippen LogP contribution in [0.3, 0.4) is 0 Å². The van der Waals surface area contributed by atoms with Crippen LogP contribution in [0.1, 0.15) is 16.7 Å². The van der Waals surface area contributed by atoms with Gasteiger partial charge in [0.05, 0.1) is 18.5 Å². The third kappa shape index (κ3) is 5.27. The number of ether oxygens (including phenoxy) is 2. The van der Waals surface area contributed by atoms with Crippen LogP contribution in [0.5, 0.6) is 5.75 Å². The maximum atomic E-state index is 12.1. The number of benzene rings is 2. The minimum absolute atomic E-state index is 0.000888. The summed E-state index contributed by atoms with van der Waals surface area (Å²) in [6.45, 7) is 2.93. The van der Waals surface area contributed by atoms with Crippen LogP contribution in [-0.2, 0) is 20.7 Å². The summed E-state index contributed by atoms with van der Waals surface area (Å²) in [6, 6.07) is 9.81. The zero-order valence-electron chi connectivity index (χ0n) is 15.3. The van der Waals surface area contributed by atoms with Gasteiger partial charge in [-0.2, -0.15) is 0 Å². The summed E-state index contributed by atoms with van der Waals surface area (Å²) in [5, 5.41) is 13.6. The van der Waals surface area contributed by atoms with E-state index in [1.165, 1.54) is 6.07 Å². The third-order valence-corrected chi connectivity index (χ3v) is 4.05. The lowest BCUT2D eigenvalue weighted by Gasteiger charge is -2.11. The number of anilines is 1. The van der Waals surface area contributed by atoms with Gasteiger partial charge in [0.2, 0.25) is 0 Å². The average Bonchev–Trinajstić information content (AvgIpc) is 2.64. The second-order valence-electron chi connectivity index (χ2n) is 5.89. The van der Waals surface area contributed by atoms with Crippen LogP contribution in [0.4, 0.5) is 11.4 Å². The highest BCUT2D eigenvalue weighted by Crippen LogP contribution is 2.30. The number of carbonyl (C=O) groups excluding carboxylic acids is 2. The topological polar surface area (TPSA) is 108 Å². The molecule has 27 heavy (non-hydrogen) atoms. The van der Waals surface area contributed by atoms with Crippen molar-refractivity contribution in [3.05, 3.63) is 63.2 Å². The quantitative estimate of drug-likeness (QED) is 0.455. The van der Waals surface area contributed by atoms with Crippen molar-refractivity contribution in [2.24, 2.45) is 0 Å². The average molecular weight is 372 g/mol. The molecule has 2 aromatic carbocycles. The molecule has 0 aliphatic carbocycles. The molecule has 1 N–H and O–H groups in total. The molecule has 0 atom stereocenters. The van der Waals surface area contributed by atoms with E-state index < -0.39 is 23.4 Å². The highest BCUT2D eigenvalue weighted by molar-refractivity contribution is 5.96. The zero-order chi connectivity index (χ0) is 20.0. The van der Waals surface area contributed by atoms with Gasteiger partial charge in [-0.1, -0.05) is 18.2 Å². The Labute approximate surface area is 156 Å². The van der Waals surface area contributed by atoms with Gasteiger partial charge < -0.3 is 14.8 Å². The summed E-state index contributed by atoms with van der Waals surface area (Å²) < 4.78 is 9.99. The van der Waals surface area contributed by atoms with Gasteiger partial charge in [0.15, 0.2) is 6.61 Å². The van der Waals surface area contributed by atoms with Crippen LogP contribution in [-0.4, -0.2) is 30.5 Å². The van der Waals surface area contributed by atoms with Crippen LogP contribution in [0.15, 0.2) is 36.4 Å². The number of esters is 1. The minimum atomic E-state index is -0.644. The van der Waals surface area contributed by atoms with Gasteiger partial charge in [0, 0.05) is 6.07 Å². The van der Waals surface area contributed by atoms with Crippen molar-refractivity contribution in [1.29, 1.82) is 0 Å². The fourth-order valence-corrected chi connectivity index (χ4v) is 2.39. The molecule has 142 valence electrons. The first-order chi connectivity index (χ1) is 12.8. The number of aryl methyl sites for hydroxylation is 1. The van der Waals surface area contributed by atoms with Crippen molar-refractivity contribution in [1.82, 2.24) is 0 Å². The van der Waals surface area contributed by atoms with E-state index in [-0.39, 0.29) is 17.8 Å². The van der Waals surface area contributed by atoms with Crippen LogP contribution in [0.25, 0.3) is 0 Å². The lowest BCUT2D eigenvalue weighted by Crippen LogP contribution is -2.22. The van der Waals surface area contributed by atoms with Gasteiger partial charge >= 0.3 is 5.97 Å². The number of nitrogens with one attached hydrogen (secondary N) is 1. The number of amides is 1. The molecule has 1 amide bonds. The molecule has 8 heteroatoms. The molecule has 0 radical (unpaired) electrons. The van der Waals surface area contributed by atoms with Crippen LogP contribution >= 0.6 is 0 Å². The Kier molecular flexibility index (Phi) is 6.48. The van der Waals surface area contributed by atoms with E-state index in [4.69, 9.17) is 9.47 Å². The molecule has 0 spiro atoms. The Morgan fingerprint density at radius 3 is 2.37 bits per heavy atom. The van der Waals surface area contributed by atoms with Crippen LogP contribution in [0.2, 0.25) is 0 Å². The third-order valence-electron chi connectivity index (χ3n) is 4.05. The van der Waals surface area contributed by atoms with E-state index in [0.717, 1.165) is 5.56 Å². The van der Waals surface area contributed by atoms with Crippen LogP contribution < -0.4 is 10.1 Å². The van der Waals surface area contributed by atoms with Crippen molar-refractivity contribution in [3.63, 3.8) is 0 Å². The number of hydrogen-bond donors (Lipinski definition) is 1. The van der Waals surface area contributed by atoms with Crippen LogP contribution in [0, 0.1) is 24.0 Å². The summed E-state index contributed by atoms with van der Waals surface area (Å²) in [5.41, 5.74) is 1.99. The summed E-state index contributed by atoms with van der Waals surface area (Å²) in [4.78, 5) is 34.5. The predicted octanol–water partition coefficient (Wildman–Crippen LogP) is 2.94. The molecule has 8 nitrogen and oxygen atoms in total. The fraction of sp³-hybridized carbons (Fsp3) is 0.263. The van der Waals surface area contributed by atoms with Crippen molar-refractivity contribution in [3.8, 4) is 5.75 Å². The molecule has 0 unspecified atom stereocenters. The molecule has 0 aromatic heterocycles. The van der Waals surface area contributed by atoms with Crippen molar-refractivity contribution >= 4 is 23.3 Å². The Bertz CT molecular complexity index is 861. The fourth-order valence-electron chi connectivity index (χ4n) is 2.39. The molecular weight excluding hydrogens is 352 g/mol. The Balaban J connectivity index is 1.95. The van der Waals surface area contributed by atoms with Gasteiger partial charge in [-0.15, -0.1) is 0 Å². The second-order valence-corrected chi connectivity index (χ2v) is 5.89. The Morgan fingerprint density at radius 2 is 1.78 bits per heavy atom. The van der Waals surface area contributed by atoms with Gasteiger partial charge in [-0.3, -0.25) is 19.7 Å². The summed E-state index contributed by atoms with van der Waals surface area (Å²) in [6.07, 6.45) is 0.000888. The summed E-state index contributed by atoms with van der Waals surface area (Å²) in [7, 11) is 1.54. The van der Waals surface area contributed by atoms with Gasteiger partial charge in [-0.25, -0.2) is 0 Å². The number of carbonyl (C=O) groups is 2. The lowest BCUT2D eigenvalue weighted by atomic mass is 10.1. The number of nitrogens with zero attached hydrogens (tertiary/aromatic N) is 1. The monoisotopic (exact) mass is 372 g/mol. The molecule has 0 heterocycles. The molecule has 0 aliphatic heterocycles. The van der Waals surface area contributed by atoms with Crippen molar-refractivity contribution in [2.75, 3.05) is 19.0 Å². The van der Waals surface area contributed by atoms with Gasteiger partial charge in [-0.05, 0) is 42.7 Å². The lowest BCUT2D eigenvalue weighted by molar-refractivity contribution is -0.384. The maximum Gasteiger partial charge on any atom is 0.310 e. The van der Waals surface area contributed by atoms with Gasteiger partial charge in [0.25, 0.3) is 11.6 Å². The normalized spacial score (nSPS) is 10.2. The Hall–Kier alpha value is -3.42. The van der Waals surface area contributed by atoms with E-state index in [0.29, 0.717) is 16.9 Å². The number of hydrogen-bond acceptors (Lipinski definition) is 6.